The molecule has 2 heterocycles. The van der Waals surface area contributed by atoms with Crippen molar-refractivity contribution in [3.63, 3.8) is 0 Å². The number of rotatable bonds is 2. The van der Waals surface area contributed by atoms with Gasteiger partial charge >= 0.3 is 12.1 Å². The van der Waals surface area contributed by atoms with Gasteiger partial charge in [-0.05, 0) is 41.1 Å². The van der Waals surface area contributed by atoms with Crippen LogP contribution in [0.3, 0.4) is 0 Å². The van der Waals surface area contributed by atoms with Crippen LogP contribution in [0.2, 0.25) is 0 Å². The Kier molecular flexibility index (Phi) is 3.85. The maximum atomic E-state index is 11.6. The molecule has 0 spiro atoms. The quantitative estimate of drug-likeness (QED) is 0.861. The third kappa shape index (κ3) is 2.69. The fourth-order valence-electron chi connectivity index (χ4n) is 2.55. The minimum atomic E-state index is -0.883. The van der Waals surface area contributed by atoms with Crippen LogP contribution >= 0.6 is 11.3 Å². The molecule has 114 valence electrons. The van der Waals surface area contributed by atoms with E-state index in [9.17, 15) is 9.59 Å². The van der Waals surface area contributed by atoms with Gasteiger partial charge in [-0.1, -0.05) is 12.1 Å². The number of benzene rings is 1. The Morgan fingerprint density at radius 1 is 1.32 bits per heavy atom. The van der Waals surface area contributed by atoms with Gasteiger partial charge in [-0.15, -0.1) is 11.3 Å². The lowest BCUT2D eigenvalue weighted by Gasteiger charge is -2.23. The third-order valence-corrected chi connectivity index (χ3v) is 4.85. The van der Waals surface area contributed by atoms with Crippen LogP contribution in [0.15, 0.2) is 30.3 Å². The highest BCUT2D eigenvalue weighted by molar-refractivity contribution is 7.20. The Labute approximate surface area is 131 Å². The normalized spacial score (nSPS) is 14.8. The first-order valence-corrected chi connectivity index (χ1v) is 7.69. The van der Waals surface area contributed by atoms with Gasteiger partial charge in [0.15, 0.2) is 0 Å². The van der Waals surface area contributed by atoms with E-state index < -0.39 is 6.09 Å². The molecule has 0 saturated heterocycles. The molecule has 0 atom stereocenters. The van der Waals surface area contributed by atoms with E-state index in [1.165, 1.54) is 23.3 Å². The maximum Gasteiger partial charge on any atom is 0.407 e. The average Bonchev–Trinajstić information content (AvgIpc) is 2.97. The second-order valence-electron chi connectivity index (χ2n) is 5.06. The summed E-state index contributed by atoms with van der Waals surface area (Å²) >= 11 is 1.41. The topological polar surface area (TPSA) is 66.8 Å². The molecule has 2 aromatic rings. The Balaban J connectivity index is 1.89. The van der Waals surface area contributed by atoms with E-state index >= 15 is 0 Å². The van der Waals surface area contributed by atoms with Crippen LogP contribution in [0.25, 0.3) is 15.7 Å². The molecule has 0 radical (unpaired) electrons. The first kappa shape index (κ1) is 14.6. The predicted molar refractivity (Wildman–Crippen MR) is 85.4 cm³/mol. The van der Waals surface area contributed by atoms with E-state index in [4.69, 9.17) is 9.84 Å². The fraction of sp³-hybridized carbons (Fsp3) is 0.250. The highest BCUT2D eigenvalue weighted by atomic mass is 32.1. The number of fused-ring (bicyclic) bond motifs is 1. The van der Waals surface area contributed by atoms with Crippen LogP contribution in [0.1, 0.15) is 21.7 Å². The number of thiophene rings is 1. The average molecular weight is 317 g/mol. The van der Waals surface area contributed by atoms with Gasteiger partial charge in [-0.2, -0.15) is 0 Å². The lowest BCUT2D eigenvalue weighted by Crippen LogP contribution is -2.33. The molecule has 0 aliphatic carbocycles. The van der Waals surface area contributed by atoms with Gasteiger partial charge in [-0.3, -0.25) is 0 Å². The summed E-state index contributed by atoms with van der Waals surface area (Å²) in [5.41, 5.74) is 2.22. The van der Waals surface area contributed by atoms with Crippen molar-refractivity contribution >= 4 is 39.1 Å². The lowest BCUT2D eigenvalue weighted by atomic mass is 9.98. The van der Waals surface area contributed by atoms with Gasteiger partial charge in [0.05, 0.1) is 7.11 Å². The van der Waals surface area contributed by atoms with Crippen LogP contribution in [0.5, 0.6) is 0 Å². The van der Waals surface area contributed by atoms with Gasteiger partial charge in [0.25, 0.3) is 0 Å². The number of esters is 1. The van der Waals surface area contributed by atoms with Crippen molar-refractivity contribution in [2.45, 2.75) is 6.42 Å². The number of carbonyl (C=O) groups excluding carboxylic acids is 1. The number of amides is 1. The molecule has 22 heavy (non-hydrogen) atoms. The molecule has 5 nitrogen and oxygen atoms in total. The minimum absolute atomic E-state index is 0.322. The van der Waals surface area contributed by atoms with Crippen molar-refractivity contribution in [2.75, 3.05) is 20.2 Å². The summed E-state index contributed by atoms with van der Waals surface area (Å²) in [6.07, 6.45) is 1.77. The zero-order valence-corrected chi connectivity index (χ0v) is 12.9. The molecular formula is C16H15NO4S. The second-order valence-corrected chi connectivity index (χ2v) is 6.15. The van der Waals surface area contributed by atoms with Gasteiger partial charge < -0.3 is 14.7 Å². The van der Waals surface area contributed by atoms with Crippen LogP contribution in [-0.4, -0.2) is 42.3 Å². The molecule has 1 aliphatic rings. The zero-order chi connectivity index (χ0) is 15.7. The Morgan fingerprint density at radius 2 is 2.14 bits per heavy atom. The SMILES string of the molecule is COC(=O)c1cc2cc(C3=CCN(C(=O)O)CC3)ccc2s1. The first-order chi connectivity index (χ1) is 10.6. The molecule has 1 aromatic heterocycles. The highest BCUT2D eigenvalue weighted by Gasteiger charge is 2.17. The van der Waals surface area contributed by atoms with Crippen LogP contribution in [-0.2, 0) is 4.74 Å². The van der Waals surface area contributed by atoms with E-state index in [0.717, 1.165) is 21.2 Å². The highest BCUT2D eigenvalue weighted by Crippen LogP contribution is 2.30. The maximum absolute atomic E-state index is 11.6. The molecule has 0 fully saturated rings. The molecule has 1 amide bonds. The van der Waals surface area contributed by atoms with Gasteiger partial charge in [0, 0.05) is 17.8 Å². The molecule has 3 rings (SSSR count). The summed E-state index contributed by atoms with van der Waals surface area (Å²) in [6.45, 7) is 0.927. The molecule has 0 saturated carbocycles. The molecular weight excluding hydrogens is 302 g/mol. The summed E-state index contributed by atoms with van der Waals surface area (Å²) in [5.74, 6) is -0.322. The molecule has 1 aliphatic heterocycles. The van der Waals surface area contributed by atoms with Crippen molar-refractivity contribution in [2.24, 2.45) is 0 Å². The van der Waals surface area contributed by atoms with Crippen molar-refractivity contribution in [3.8, 4) is 0 Å². The summed E-state index contributed by atoms with van der Waals surface area (Å²) in [6, 6.07) is 7.89. The van der Waals surface area contributed by atoms with Gasteiger partial charge in [-0.25, -0.2) is 9.59 Å². The summed E-state index contributed by atoms with van der Waals surface area (Å²) in [4.78, 5) is 24.5. The fourth-order valence-corrected chi connectivity index (χ4v) is 3.51. The van der Waals surface area contributed by atoms with E-state index in [1.54, 1.807) is 0 Å². The molecule has 0 unspecified atom stereocenters. The molecule has 6 heteroatoms. The Bertz CT molecular complexity index is 778. The lowest BCUT2D eigenvalue weighted by molar-refractivity contribution is 0.0606. The van der Waals surface area contributed by atoms with E-state index in [2.05, 4.69) is 0 Å². The number of carboxylic acid groups (broad SMARTS) is 1. The van der Waals surface area contributed by atoms with Gasteiger partial charge in [0.2, 0.25) is 0 Å². The number of hydrogen-bond acceptors (Lipinski definition) is 4. The molecule has 0 bridgehead atoms. The van der Waals surface area contributed by atoms with Crippen molar-refractivity contribution in [3.05, 3.63) is 40.8 Å². The Hall–Kier alpha value is -2.34. The third-order valence-electron chi connectivity index (χ3n) is 3.75. The predicted octanol–water partition coefficient (Wildman–Crippen LogP) is 3.46. The van der Waals surface area contributed by atoms with E-state index in [1.807, 2.05) is 30.3 Å². The molecule has 1 aromatic carbocycles. The van der Waals surface area contributed by atoms with Crippen LogP contribution in [0, 0.1) is 0 Å². The van der Waals surface area contributed by atoms with Crippen molar-refractivity contribution in [1.29, 1.82) is 0 Å². The number of hydrogen-bond donors (Lipinski definition) is 1. The van der Waals surface area contributed by atoms with Gasteiger partial charge in [0.1, 0.15) is 4.88 Å². The second kappa shape index (κ2) is 5.81. The number of methoxy groups -OCH3 is 1. The first-order valence-electron chi connectivity index (χ1n) is 6.87. The zero-order valence-electron chi connectivity index (χ0n) is 12.0. The van der Waals surface area contributed by atoms with Crippen LogP contribution < -0.4 is 0 Å². The smallest absolute Gasteiger partial charge is 0.407 e. The summed E-state index contributed by atoms with van der Waals surface area (Å²) in [5, 5.41) is 9.97. The van der Waals surface area contributed by atoms with Crippen molar-refractivity contribution in [1.82, 2.24) is 4.90 Å². The Morgan fingerprint density at radius 3 is 2.77 bits per heavy atom. The van der Waals surface area contributed by atoms with Crippen molar-refractivity contribution < 1.29 is 19.4 Å². The summed E-state index contributed by atoms with van der Waals surface area (Å²) in [7, 11) is 1.37. The largest absolute Gasteiger partial charge is 0.465 e. The van der Waals surface area contributed by atoms with E-state index in [-0.39, 0.29) is 5.97 Å². The number of nitrogens with zero attached hydrogens (tertiary/aromatic N) is 1. The van der Waals surface area contributed by atoms with E-state index in [0.29, 0.717) is 24.4 Å². The number of carbonyl (C=O) groups is 2. The monoisotopic (exact) mass is 317 g/mol. The molecule has 1 N–H and O–H groups in total. The van der Waals surface area contributed by atoms with Crippen LogP contribution in [0.4, 0.5) is 4.79 Å². The minimum Gasteiger partial charge on any atom is -0.465 e. The summed E-state index contributed by atoms with van der Waals surface area (Å²) < 4.78 is 5.78. The number of ether oxygens (including phenoxy) is 1. The standard InChI is InChI=1S/C16H15NO4S/c1-21-15(18)14-9-12-8-11(2-3-13(12)22-14)10-4-6-17(7-5-10)16(19)20/h2-4,8-9H,5-7H2,1H3,(H,19,20).